The predicted octanol–water partition coefficient (Wildman–Crippen LogP) is 1.14. The van der Waals surface area contributed by atoms with Crippen molar-refractivity contribution in [3.63, 3.8) is 0 Å². The zero-order chi connectivity index (χ0) is 14.1. The number of hydrogen-bond acceptors (Lipinski definition) is 4. The molecule has 0 saturated carbocycles. The Morgan fingerprint density at radius 3 is 2.55 bits per heavy atom. The first kappa shape index (κ1) is 13.1. The molecular formula is C15H19N3O2. The van der Waals surface area contributed by atoms with Crippen molar-refractivity contribution in [3.05, 3.63) is 35.4 Å². The molecule has 1 aromatic carbocycles. The summed E-state index contributed by atoms with van der Waals surface area (Å²) < 4.78 is 0. The van der Waals surface area contributed by atoms with Crippen molar-refractivity contribution < 1.29 is 9.90 Å². The largest absolute Gasteiger partial charge is 0.478 e. The Morgan fingerprint density at radius 2 is 1.85 bits per heavy atom. The number of nitrogens with zero attached hydrogens (tertiary/aromatic N) is 3. The molecule has 106 valence electrons. The fourth-order valence-corrected chi connectivity index (χ4v) is 2.74. The van der Waals surface area contributed by atoms with Gasteiger partial charge >= 0.3 is 5.97 Å². The van der Waals surface area contributed by atoms with Crippen LogP contribution in [0.1, 0.15) is 5.56 Å². The lowest BCUT2D eigenvalue weighted by molar-refractivity contribution is -0.132. The average Bonchev–Trinajstić information content (AvgIpc) is 2.47. The van der Waals surface area contributed by atoms with Crippen LogP contribution in [0.15, 0.2) is 29.8 Å². The van der Waals surface area contributed by atoms with Crippen LogP contribution in [0.4, 0.5) is 5.69 Å². The summed E-state index contributed by atoms with van der Waals surface area (Å²) >= 11 is 0. The third-order valence-corrected chi connectivity index (χ3v) is 3.96. The second kappa shape index (κ2) is 5.26. The summed E-state index contributed by atoms with van der Waals surface area (Å²) in [7, 11) is 2.12. The zero-order valence-corrected chi connectivity index (χ0v) is 11.6. The second-order valence-corrected chi connectivity index (χ2v) is 5.35. The molecule has 0 amide bonds. The van der Waals surface area contributed by atoms with Gasteiger partial charge in [-0.2, -0.15) is 0 Å². The molecule has 1 aromatic rings. The predicted molar refractivity (Wildman–Crippen MR) is 78.5 cm³/mol. The van der Waals surface area contributed by atoms with E-state index in [1.165, 1.54) is 0 Å². The van der Waals surface area contributed by atoms with Gasteiger partial charge in [-0.15, -0.1) is 0 Å². The summed E-state index contributed by atoms with van der Waals surface area (Å²) in [6.45, 7) is 4.31. The first-order valence-corrected chi connectivity index (χ1v) is 6.89. The van der Waals surface area contributed by atoms with Crippen molar-refractivity contribution in [2.75, 3.05) is 44.8 Å². The van der Waals surface area contributed by atoms with Crippen molar-refractivity contribution in [3.8, 4) is 0 Å². The molecular weight excluding hydrogens is 254 g/mol. The molecule has 3 rings (SSSR count). The van der Waals surface area contributed by atoms with E-state index in [9.17, 15) is 9.90 Å². The van der Waals surface area contributed by atoms with Gasteiger partial charge in [0.25, 0.3) is 0 Å². The van der Waals surface area contributed by atoms with Crippen LogP contribution in [0.3, 0.4) is 0 Å². The van der Waals surface area contributed by atoms with Crippen molar-refractivity contribution in [2.45, 2.75) is 0 Å². The standard InChI is InChI=1S/C15H19N3O2/c1-16-6-8-17(9-7-16)18-11-13(15(19)20)10-12-4-2-3-5-14(12)18/h2-5,10H,6-9,11H2,1H3,(H,19,20). The minimum atomic E-state index is -0.835. The highest BCUT2D eigenvalue weighted by Crippen LogP contribution is 2.30. The molecule has 2 heterocycles. The van der Waals surface area contributed by atoms with Crippen LogP contribution in [0.2, 0.25) is 0 Å². The van der Waals surface area contributed by atoms with E-state index in [0.29, 0.717) is 12.1 Å². The third-order valence-electron chi connectivity index (χ3n) is 3.96. The molecule has 0 unspecified atom stereocenters. The Morgan fingerprint density at radius 1 is 1.15 bits per heavy atom. The molecule has 2 aliphatic rings. The zero-order valence-electron chi connectivity index (χ0n) is 11.6. The van der Waals surface area contributed by atoms with E-state index in [2.05, 4.69) is 28.0 Å². The van der Waals surface area contributed by atoms with Crippen LogP contribution in [0.25, 0.3) is 6.08 Å². The normalized spacial score (nSPS) is 20.4. The van der Waals surface area contributed by atoms with Gasteiger partial charge in [0, 0.05) is 26.2 Å². The van der Waals surface area contributed by atoms with E-state index in [4.69, 9.17) is 0 Å². The highest BCUT2D eigenvalue weighted by atomic mass is 16.4. The number of likely N-dealkylation sites (N-methyl/N-ethyl adjacent to an activating group) is 1. The quantitative estimate of drug-likeness (QED) is 0.875. The highest BCUT2D eigenvalue weighted by molar-refractivity contribution is 5.96. The van der Waals surface area contributed by atoms with Gasteiger partial charge in [-0.3, -0.25) is 0 Å². The molecule has 5 nitrogen and oxygen atoms in total. The second-order valence-electron chi connectivity index (χ2n) is 5.35. The Hall–Kier alpha value is -1.85. The van der Waals surface area contributed by atoms with Crippen LogP contribution in [0, 0.1) is 0 Å². The molecule has 0 aromatic heterocycles. The first-order chi connectivity index (χ1) is 9.65. The minimum absolute atomic E-state index is 0.441. The summed E-state index contributed by atoms with van der Waals surface area (Å²) in [5.41, 5.74) is 2.53. The molecule has 5 heteroatoms. The van der Waals surface area contributed by atoms with Gasteiger partial charge in [-0.05, 0) is 24.8 Å². The topological polar surface area (TPSA) is 47.0 Å². The number of fused-ring (bicyclic) bond motifs is 1. The Kier molecular flexibility index (Phi) is 3.46. The van der Waals surface area contributed by atoms with E-state index in [1.54, 1.807) is 6.08 Å². The number of carbonyl (C=O) groups is 1. The van der Waals surface area contributed by atoms with Gasteiger partial charge in [0.1, 0.15) is 0 Å². The van der Waals surface area contributed by atoms with E-state index < -0.39 is 5.97 Å². The molecule has 0 bridgehead atoms. The molecule has 1 N–H and O–H groups in total. The van der Waals surface area contributed by atoms with E-state index in [1.807, 2.05) is 18.2 Å². The van der Waals surface area contributed by atoms with Crippen molar-refractivity contribution in [1.29, 1.82) is 0 Å². The Labute approximate surface area is 118 Å². The van der Waals surface area contributed by atoms with Crippen LogP contribution in [-0.2, 0) is 4.79 Å². The molecule has 1 fully saturated rings. The Balaban J connectivity index is 1.91. The number of aliphatic carboxylic acids is 1. The van der Waals surface area contributed by atoms with Crippen LogP contribution in [-0.4, -0.2) is 60.8 Å². The minimum Gasteiger partial charge on any atom is -0.478 e. The van der Waals surface area contributed by atoms with Crippen molar-refractivity contribution in [1.82, 2.24) is 9.91 Å². The van der Waals surface area contributed by atoms with E-state index in [-0.39, 0.29) is 0 Å². The number of hydrogen-bond donors (Lipinski definition) is 1. The lowest BCUT2D eigenvalue weighted by Gasteiger charge is -2.43. The molecule has 20 heavy (non-hydrogen) atoms. The first-order valence-electron chi connectivity index (χ1n) is 6.89. The maximum absolute atomic E-state index is 11.3. The molecule has 0 radical (unpaired) electrons. The number of anilines is 1. The fourth-order valence-electron chi connectivity index (χ4n) is 2.74. The van der Waals surface area contributed by atoms with Gasteiger partial charge in [0.2, 0.25) is 0 Å². The SMILES string of the molecule is CN1CCN(N2CC(C(=O)O)=Cc3ccccc32)CC1. The monoisotopic (exact) mass is 273 g/mol. The van der Waals surface area contributed by atoms with Crippen molar-refractivity contribution >= 4 is 17.7 Å². The van der Waals surface area contributed by atoms with Gasteiger partial charge in [-0.1, -0.05) is 18.2 Å². The molecule has 0 atom stereocenters. The molecule has 0 spiro atoms. The number of rotatable bonds is 2. The van der Waals surface area contributed by atoms with Gasteiger partial charge in [-0.25, -0.2) is 9.80 Å². The summed E-state index contributed by atoms with van der Waals surface area (Å²) in [5.74, 6) is -0.835. The molecule has 2 aliphatic heterocycles. The highest BCUT2D eigenvalue weighted by Gasteiger charge is 2.27. The maximum Gasteiger partial charge on any atom is 0.333 e. The number of carboxylic acids is 1. The Bertz CT molecular complexity index is 548. The number of para-hydroxylation sites is 1. The van der Waals surface area contributed by atoms with Crippen LogP contribution in [0.5, 0.6) is 0 Å². The molecule has 0 aliphatic carbocycles. The maximum atomic E-state index is 11.3. The summed E-state index contributed by atoms with van der Waals surface area (Å²) in [6, 6.07) is 7.98. The lowest BCUT2D eigenvalue weighted by atomic mass is 10.0. The van der Waals surface area contributed by atoms with Crippen molar-refractivity contribution in [2.24, 2.45) is 0 Å². The van der Waals surface area contributed by atoms with E-state index in [0.717, 1.165) is 37.4 Å². The summed E-state index contributed by atoms with van der Waals surface area (Å²) in [5, 5.41) is 13.7. The van der Waals surface area contributed by atoms with Crippen LogP contribution < -0.4 is 5.01 Å². The van der Waals surface area contributed by atoms with Gasteiger partial charge < -0.3 is 15.0 Å². The smallest absolute Gasteiger partial charge is 0.333 e. The number of benzene rings is 1. The third kappa shape index (κ3) is 2.42. The number of carboxylic acid groups (broad SMARTS) is 1. The summed E-state index contributed by atoms with van der Waals surface area (Å²) in [4.78, 5) is 13.6. The molecule has 1 saturated heterocycles. The van der Waals surface area contributed by atoms with Crippen LogP contribution >= 0.6 is 0 Å². The lowest BCUT2D eigenvalue weighted by Crippen LogP contribution is -2.54. The fraction of sp³-hybridized carbons (Fsp3) is 0.400. The summed E-state index contributed by atoms with van der Waals surface area (Å²) in [6.07, 6.45) is 1.78. The number of hydrazine groups is 1. The van der Waals surface area contributed by atoms with Gasteiger partial charge in [0.05, 0.1) is 17.8 Å². The average molecular weight is 273 g/mol. The number of piperazine rings is 1. The van der Waals surface area contributed by atoms with Gasteiger partial charge in [0.15, 0.2) is 0 Å². The van der Waals surface area contributed by atoms with E-state index >= 15 is 0 Å².